The van der Waals surface area contributed by atoms with Gasteiger partial charge in [0.05, 0.1) is 19.1 Å². The van der Waals surface area contributed by atoms with Crippen molar-refractivity contribution in [2.24, 2.45) is 5.92 Å². The van der Waals surface area contributed by atoms with Crippen LogP contribution in [0.1, 0.15) is 27.2 Å². The lowest BCUT2D eigenvalue weighted by Crippen LogP contribution is -2.45. The molecule has 5 heteroatoms. The van der Waals surface area contributed by atoms with Crippen LogP contribution in [0.4, 0.5) is 0 Å². The quantitative estimate of drug-likeness (QED) is 0.710. The molecule has 1 fully saturated rings. The van der Waals surface area contributed by atoms with E-state index in [9.17, 15) is 9.59 Å². The number of hydrogen-bond acceptors (Lipinski definition) is 5. The highest BCUT2D eigenvalue weighted by molar-refractivity contribution is 5.83. The first-order valence-corrected chi connectivity index (χ1v) is 5.62. The minimum atomic E-state index is -0.757. The third-order valence-corrected chi connectivity index (χ3v) is 2.74. The monoisotopic (exact) mass is 229 g/mol. The van der Waals surface area contributed by atoms with Crippen LogP contribution >= 0.6 is 0 Å². The number of esters is 2. The molecule has 1 aliphatic rings. The molecular formula is C11H19NO4. The van der Waals surface area contributed by atoms with Crippen molar-refractivity contribution in [1.29, 1.82) is 0 Å². The Bertz CT molecular complexity index is 279. The van der Waals surface area contributed by atoms with Crippen LogP contribution in [0.25, 0.3) is 0 Å². The Morgan fingerprint density at radius 1 is 1.31 bits per heavy atom. The second-order valence-corrected chi connectivity index (χ2v) is 4.09. The van der Waals surface area contributed by atoms with Gasteiger partial charge in [0.2, 0.25) is 0 Å². The number of carbonyl (C=O) groups is 2. The predicted molar refractivity (Wildman–Crippen MR) is 57.8 cm³/mol. The zero-order valence-electron chi connectivity index (χ0n) is 10.0. The first-order chi connectivity index (χ1) is 7.53. The highest BCUT2D eigenvalue weighted by atomic mass is 16.5. The molecule has 0 radical (unpaired) electrons. The summed E-state index contributed by atoms with van der Waals surface area (Å²) in [6, 6.07) is 0. The molecule has 1 saturated heterocycles. The van der Waals surface area contributed by atoms with E-state index in [1.165, 1.54) is 0 Å². The molecule has 2 unspecified atom stereocenters. The Balaban J connectivity index is 2.56. The van der Waals surface area contributed by atoms with Gasteiger partial charge in [0.15, 0.2) is 0 Å². The number of hydrogen-bond donors (Lipinski definition) is 1. The van der Waals surface area contributed by atoms with Gasteiger partial charge in [-0.15, -0.1) is 0 Å². The van der Waals surface area contributed by atoms with Crippen LogP contribution in [0.15, 0.2) is 0 Å². The Morgan fingerprint density at radius 3 is 2.50 bits per heavy atom. The average Bonchev–Trinajstić information content (AvgIpc) is 2.63. The van der Waals surface area contributed by atoms with Gasteiger partial charge in [0, 0.05) is 6.54 Å². The van der Waals surface area contributed by atoms with Gasteiger partial charge in [-0.05, 0) is 27.2 Å². The summed E-state index contributed by atoms with van der Waals surface area (Å²) in [5, 5.41) is 3.03. The lowest BCUT2D eigenvalue weighted by atomic mass is 9.95. The average molecular weight is 229 g/mol. The van der Waals surface area contributed by atoms with Gasteiger partial charge in [0.1, 0.15) is 5.54 Å². The van der Waals surface area contributed by atoms with Gasteiger partial charge in [-0.25, -0.2) is 0 Å². The fourth-order valence-corrected chi connectivity index (χ4v) is 1.86. The molecule has 5 nitrogen and oxygen atoms in total. The van der Waals surface area contributed by atoms with E-state index in [-0.39, 0.29) is 17.9 Å². The van der Waals surface area contributed by atoms with E-state index < -0.39 is 5.54 Å². The fraction of sp³-hybridized carbons (Fsp3) is 0.818. The van der Waals surface area contributed by atoms with Crippen molar-refractivity contribution in [3.63, 3.8) is 0 Å². The van der Waals surface area contributed by atoms with E-state index in [1.807, 2.05) is 0 Å². The van der Waals surface area contributed by atoms with Gasteiger partial charge in [-0.1, -0.05) is 0 Å². The zero-order valence-corrected chi connectivity index (χ0v) is 10.0. The SMILES string of the molecule is CCOC(=O)C1CNC(C)(C(=O)OCC)C1. The largest absolute Gasteiger partial charge is 0.466 e. The molecule has 0 aromatic heterocycles. The van der Waals surface area contributed by atoms with E-state index in [0.29, 0.717) is 26.2 Å². The summed E-state index contributed by atoms with van der Waals surface area (Å²) in [6.45, 7) is 6.47. The predicted octanol–water partition coefficient (Wildman–Crippen LogP) is 0.481. The number of rotatable bonds is 4. The smallest absolute Gasteiger partial charge is 0.326 e. The summed E-state index contributed by atoms with van der Waals surface area (Å²) in [4.78, 5) is 23.2. The standard InChI is InChI=1S/C11H19NO4/c1-4-15-9(13)8-6-11(3,12-7-8)10(14)16-5-2/h8,12H,4-7H2,1-3H3. The Labute approximate surface area is 95.5 Å². The molecule has 0 spiro atoms. The lowest BCUT2D eigenvalue weighted by molar-refractivity contribution is -0.150. The van der Waals surface area contributed by atoms with Crippen LogP contribution in [0.3, 0.4) is 0 Å². The summed E-state index contributed by atoms with van der Waals surface area (Å²) in [6.07, 6.45) is 0.435. The second kappa shape index (κ2) is 5.30. The van der Waals surface area contributed by atoms with Crippen LogP contribution in [0.2, 0.25) is 0 Å². The molecule has 0 bridgehead atoms. The van der Waals surface area contributed by atoms with Crippen molar-refractivity contribution >= 4 is 11.9 Å². The van der Waals surface area contributed by atoms with Crippen LogP contribution in [0.5, 0.6) is 0 Å². The minimum Gasteiger partial charge on any atom is -0.466 e. The van der Waals surface area contributed by atoms with E-state index in [2.05, 4.69) is 5.32 Å². The van der Waals surface area contributed by atoms with Crippen molar-refractivity contribution in [3.05, 3.63) is 0 Å². The summed E-state index contributed by atoms with van der Waals surface area (Å²) >= 11 is 0. The maximum Gasteiger partial charge on any atom is 0.326 e. The molecule has 1 rings (SSSR count). The van der Waals surface area contributed by atoms with Crippen LogP contribution < -0.4 is 5.32 Å². The number of nitrogens with one attached hydrogen (secondary N) is 1. The van der Waals surface area contributed by atoms with Crippen molar-refractivity contribution in [1.82, 2.24) is 5.32 Å². The topological polar surface area (TPSA) is 64.6 Å². The van der Waals surface area contributed by atoms with Gasteiger partial charge < -0.3 is 14.8 Å². The van der Waals surface area contributed by atoms with Gasteiger partial charge in [-0.2, -0.15) is 0 Å². The van der Waals surface area contributed by atoms with Gasteiger partial charge >= 0.3 is 11.9 Å². The van der Waals surface area contributed by atoms with Gasteiger partial charge in [0.25, 0.3) is 0 Å². The minimum absolute atomic E-state index is 0.247. The Kier molecular flexibility index (Phi) is 4.29. The lowest BCUT2D eigenvalue weighted by Gasteiger charge is -2.21. The molecule has 0 aromatic rings. The molecule has 92 valence electrons. The summed E-state index contributed by atoms with van der Waals surface area (Å²) in [5.74, 6) is -0.806. The van der Waals surface area contributed by atoms with E-state index in [0.717, 1.165) is 0 Å². The van der Waals surface area contributed by atoms with Crippen LogP contribution in [-0.2, 0) is 19.1 Å². The van der Waals surface area contributed by atoms with Gasteiger partial charge in [-0.3, -0.25) is 9.59 Å². The molecule has 0 aromatic carbocycles. The Hall–Kier alpha value is -1.10. The normalized spacial score (nSPS) is 28.8. The first-order valence-electron chi connectivity index (χ1n) is 5.62. The van der Waals surface area contributed by atoms with Crippen molar-refractivity contribution in [3.8, 4) is 0 Å². The second-order valence-electron chi connectivity index (χ2n) is 4.09. The molecule has 1 heterocycles. The summed E-state index contributed by atoms with van der Waals surface area (Å²) in [5.41, 5.74) is -0.757. The number of carbonyl (C=O) groups excluding carboxylic acids is 2. The highest BCUT2D eigenvalue weighted by Gasteiger charge is 2.45. The molecule has 2 atom stereocenters. The molecule has 0 aliphatic carbocycles. The molecule has 0 saturated carbocycles. The van der Waals surface area contributed by atoms with Crippen LogP contribution in [-0.4, -0.2) is 37.2 Å². The molecule has 1 N–H and O–H groups in total. The Morgan fingerprint density at radius 2 is 1.94 bits per heavy atom. The highest BCUT2D eigenvalue weighted by Crippen LogP contribution is 2.26. The van der Waals surface area contributed by atoms with Crippen molar-refractivity contribution in [2.45, 2.75) is 32.7 Å². The van der Waals surface area contributed by atoms with E-state index in [4.69, 9.17) is 9.47 Å². The molecule has 0 amide bonds. The maximum atomic E-state index is 11.7. The van der Waals surface area contributed by atoms with E-state index in [1.54, 1.807) is 20.8 Å². The zero-order chi connectivity index (χ0) is 12.2. The maximum absolute atomic E-state index is 11.7. The van der Waals surface area contributed by atoms with Crippen LogP contribution in [0, 0.1) is 5.92 Å². The molecule has 16 heavy (non-hydrogen) atoms. The van der Waals surface area contributed by atoms with Crippen molar-refractivity contribution in [2.75, 3.05) is 19.8 Å². The number of ether oxygens (including phenoxy) is 2. The van der Waals surface area contributed by atoms with Crippen molar-refractivity contribution < 1.29 is 19.1 Å². The molecular weight excluding hydrogens is 210 g/mol. The summed E-state index contributed by atoms with van der Waals surface area (Å²) < 4.78 is 9.89. The van der Waals surface area contributed by atoms with E-state index >= 15 is 0 Å². The molecule has 1 aliphatic heterocycles. The third-order valence-electron chi connectivity index (χ3n) is 2.74. The fourth-order valence-electron chi connectivity index (χ4n) is 1.86. The third kappa shape index (κ3) is 2.72. The first kappa shape index (κ1) is 13.0. The summed E-state index contributed by atoms with van der Waals surface area (Å²) in [7, 11) is 0.